The normalized spacial score (nSPS) is 12.2. The summed E-state index contributed by atoms with van der Waals surface area (Å²) in [4.78, 5) is 23.0. The van der Waals surface area contributed by atoms with E-state index >= 15 is 0 Å². The molecule has 0 heterocycles. The number of benzene rings is 1. The molecule has 0 bridgehead atoms. The maximum absolute atomic E-state index is 11.9. The number of aryl methyl sites for hydroxylation is 3. The SMILES string of the molecule is Cc1ccc(CCCC(=O)NC(CC(C)C)C(=O)O)cc1C. The number of aliphatic carboxylic acids is 1. The molecule has 1 amide bonds. The number of rotatable bonds is 8. The maximum atomic E-state index is 11.9. The Kier molecular flexibility index (Phi) is 7.09. The van der Waals surface area contributed by atoms with Gasteiger partial charge < -0.3 is 10.4 Å². The van der Waals surface area contributed by atoms with Gasteiger partial charge in [0, 0.05) is 6.42 Å². The van der Waals surface area contributed by atoms with Crippen LogP contribution in [0.2, 0.25) is 0 Å². The molecule has 1 atom stereocenters. The van der Waals surface area contributed by atoms with Crippen molar-refractivity contribution in [2.75, 3.05) is 0 Å². The Hall–Kier alpha value is -1.84. The number of carbonyl (C=O) groups is 2. The Balaban J connectivity index is 2.41. The highest BCUT2D eigenvalue weighted by Gasteiger charge is 2.20. The van der Waals surface area contributed by atoms with Crippen molar-refractivity contribution in [1.82, 2.24) is 5.32 Å². The van der Waals surface area contributed by atoms with Crippen molar-refractivity contribution >= 4 is 11.9 Å². The lowest BCUT2D eigenvalue weighted by Crippen LogP contribution is -2.41. The minimum Gasteiger partial charge on any atom is -0.480 e. The van der Waals surface area contributed by atoms with Gasteiger partial charge >= 0.3 is 5.97 Å². The second-order valence-corrected chi connectivity index (χ2v) is 6.36. The minimum absolute atomic E-state index is 0.183. The fourth-order valence-corrected chi connectivity index (χ4v) is 2.37. The summed E-state index contributed by atoms with van der Waals surface area (Å²) in [6.45, 7) is 8.05. The zero-order valence-corrected chi connectivity index (χ0v) is 14.0. The van der Waals surface area contributed by atoms with Crippen molar-refractivity contribution in [2.45, 2.75) is 59.4 Å². The summed E-state index contributed by atoms with van der Waals surface area (Å²) in [5.41, 5.74) is 3.73. The predicted octanol–water partition coefficient (Wildman–Crippen LogP) is 3.24. The quantitative estimate of drug-likeness (QED) is 0.775. The lowest BCUT2D eigenvalue weighted by Gasteiger charge is -2.16. The van der Waals surface area contributed by atoms with Crippen LogP contribution in [0, 0.1) is 19.8 Å². The van der Waals surface area contributed by atoms with Crippen LogP contribution in [-0.2, 0) is 16.0 Å². The highest BCUT2D eigenvalue weighted by atomic mass is 16.4. The van der Waals surface area contributed by atoms with Crippen molar-refractivity contribution in [3.63, 3.8) is 0 Å². The van der Waals surface area contributed by atoms with Crippen molar-refractivity contribution in [3.05, 3.63) is 34.9 Å². The monoisotopic (exact) mass is 305 g/mol. The van der Waals surface area contributed by atoms with E-state index in [-0.39, 0.29) is 11.8 Å². The second-order valence-electron chi connectivity index (χ2n) is 6.36. The third-order valence-corrected chi connectivity index (χ3v) is 3.78. The maximum Gasteiger partial charge on any atom is 0.326 e. The van der Waals surface area contributed by atoms with Gasteiger partial charge in [0.1, 0.15) is 6.04 Å². The fraction of sp³-hybridized carbons (Fsp3) is 0.556. The third-order valence-electron chi connectivity index (χ3n) is 3.78. The molecule has 122 valence electrons. The number of carboxylic acids is 1. The minimum atomic E-state index is -0.962. The lowest BCUT2D eigenvalue weighted by molar-refractivity contribution is -0.142. The third kappa shape index (κ3) is 6.29. The zero-order chi connectivity index (χ0) is 16.7. The standard InChI is InChI=1S/C18H27NO3/c1-12(2)10-16(18(21)22)19-17(20)7-5-6-15-9-8-13(3)14(4)11-15/h8-9,11-12,16H,5-7,10H2,1-4H3,(H,19,20)(H,21,22). The molecule has 4 heteroatoms. The summed E-state index contributed by atoms with van der Waals surface area (Å²) in [6, 6.07) is 5.54. The molecule has 0 aliphatic carbocycles. The number of amides is 1. The van der Waals surface area contributed by atoms with Crippen LogP contribution in [0.4, 0.5) is 0 Å². The molecule has 22 heavy (non-hydrogen) atoms. The molecule has 1 aromatic carbocycles. The van der Waals surface area contributed by atoms with Crippen LogP contribution >= 0.6 is 0 Å². The molecule has 0 saturated heterocycles. The van der Waals surface area contributed by atoms with Crippen molar-refractivity contribution in [2.24, 2.45) is 5.92 Å². The first-order chi connectivity index (χ1) is 10.3. The summed E-state index contributed by atoms with van der Waals surface area (Å²) >= 11 is 0. The highest BCUT2D eigenvalue weighted by Crippen LogP contribution is 2.12. The second kappa shape index (κ2) is 8.57. The Morgan fingerprint density at radius 2 is 1.86 bits per heavy atom. The molecular weight excluding hydrogens is 278 g/mol. The zero-order valence-electron chi connectivity index (χ0n) is 14.0. The molecule has 2 N–H and O–H groups in total. The summed E-state index contributed by atoms with van der Waals surface area (Å²) in [7, 11) is 0. The van der Waals surface area contributed by atoms with E-state index in [4.69, 9.17) is 5.11 Å². The molecule has 0 fully saturated rings. The van der Waals surface area contributed by atoms with E-state index in [9.17, 15) is 9.59 Å². The molecule has 0 aromatic heterocycles. The average Bonchev–Trinajstić information content (AvgIpc) is 2.41. The number of carboxylic acid groups (broad SMARTS) is 1. The summed E-state index contributed by atoms with van der Waals surface area (Å²) < 4.78 is 0. The van der Waals surface area contributed by atoms with Crippen molar-refractivity contribution in [1.29, 1.82) is 0 Å². The van der Waals surface area contributed by atoms with Gasteiger partial charge in [-0.25, -0.2) is 4.79 Å². The van der Waals surface area contributed by atoms with Crippen molar-refractivity contribution in [3.8, 4) is 0 Å². The molecule has 4 nitrogen and oxygen atoms in total. The van der Waals surface area contributed by atoms with E-state index in [1.807, 2.05) is 13.8 Å². The van der Waals surface area contributed by atoms with Gasteiger partial charge in [0.25, 0.3) is 0 Å². The predicted molar refractivity (Wildman–Crippen MR) is 87.9 cm³/mol. The van der Waals surface area contributed by atoms with Crippen LogP contribution in [0.15, 0.2) is 18.2 Å². The largest absolute Gasteiger partial charge is 0.480 e. The molecular formula is C18H27NO3. The molecule has 1 rings (SSSR count). The van der Waals surface area contributed by atoms with Crippen molar-refractivity contribution < 1.29 is 14.7 Å². The van der Waals surface area contributed by atoms with Gasteiger partial charge in [-0.05, 0) is 55.7 Å². The van der Waals surface area contributed by atoms with E-state index in [0.717, 1.165) is 12.8 Å². The van der Waals surface area contributed by atoms with Gasteiger partial charge in [-0.1, -0.05) is 32.0 Å². The van der Waals surface area contributed by atoms with E-state index in [2.05, 4.69) is 37.4 Å². The van der Waals surface area contributed by atoms with Gasteiger partial charge in [0.15, 0.2) is 0 Å². The first kappa shape index (κ1) is 18.2. The molecule has 0 aliphatic heterocycles. The van der Waals surface area contributed by atoms with Gasteiger partial charge in [-0.2, -0.15) is 0 Å². The Morgan fingerprint density at radius 1 is 1.18 bits per heavy atom. The first-order valence-electron chi connectivity index (χ1n) is 7.88. The number of hydrogen-bond donors (Lipinski definition) is 2. The molecule has 1 aromatic rings. The summed E-state index contributed by atoms with van der Waals surface area (Å²) in [5, 5.41) is 11.7. The smallest absolute Gasteiger partial charge is 0.326 e. The molecule has 1 unspecified atom stereocenters. The Morgan fingerprint density at radius 3 is 2.41 bits per heavy atom. The fourth-order valence-electron chi connectivity index (χ4n) is 2.37. The molecule has 0 spiro atoms. The Bertz CT molecular complexity index is 523. The molecule has 0 aliphatic rings. The highest BCUT2D eigenvalue weighted by molar-refractivity contribution is 5.83. The van der Waals surface area contributed by atoms with Crippen LogP contribution in [-0.4, -0.2) is 23.0 Å². The lowest BCUT2D eigenvalue weighted by atomic mass is 10.0. The van der Waals surface area contributed by atoms with E-state index in [1.165, 1.54) is 16.7 Å². The van der Waals surface area contributed by atoms with Crippen LogP contribution in [0.1, 0.15) is 49.8 Å². The average molecular weight is 305 g/mol. The molecule has 0 saturated carbocycles. The first-order valence-corrected chi connectivity index (χ1v) is 7.88. The van der Waals surface area contributed by atoms with E-state index in [1.54, 1.807) is 0 Å². The van der Waals surface area contributed by atoms with Gasteiger partial charge in [-0.3, -0.25) is 4.79 Å². The summed E-state index contributed by atoms with van der Waals surface area (Å²) in [5.74, 6) is -0.912. The van der Waals surface area contributed by atoms with Crippen LogP contribution < -0.4 is 5.32 Å². The number of carbonyl (C=O) groups excluding carboxylic acids is 1. The van der Waals surface area contributed by atoms with E-state index < -0.39 is 12.0 Å². The van der Waals surface area contributed by atoms with Gasteiger partial charge in [0.05, 0.1) is 0 Å². The van der Waals surface area contributed by atoms with Crippen LogP contribution in [0.5, 0.6) is 0 Å². The molecule has 0 radical (unpaired) electrons. The topological polar surface area (TPSA) is 66.4 Å². The summed E-state index contributed by atoms with van der Waals surface area (Å²) in [6.07, 6.45) is 2.37. The Labute approximate surface area is 132 Å². The van der Waals surface area contributed by atoms with Gasteiger partial charge in [0.2, 0.25) is 5.91 Å². The number of nitrogens with one attached hydrogen (secondary N) is 1. The van der Waals surface area contributed by atoms with Crippen LogP contribution in [0.3, 0.4) is 0 Å². The van der Waals surface area contributed by atoms with Gasteiger partial charge in [-0.15, -0.1) is 0 Å². The van der Waals surface area contributed by atoms with E-state index in [0.29, 0.717) is 12.8 Å². The number of hydrogen-bond acceptors (Lipinski definition) is 2. The van der Waals surface area contributed by atoms with Crippen LogP contribution in [0.25, 0.3) is 0 Å².